The van der Waals surface area contributed by atoms with Gasteiger partial charge in [-0.3, -0.25) is 4.79 Å². The quantitative estimate of drug-likeness (QED) is 0.0736. The fourth-order valence-electron chi connectivity index (χ4n) is 3.61. The predicted octanol–water partition coefficient (Wildman–Crippen LogP) is 5.45. The van der Waals surface area contributed by atoms with Crippen molar-refractivity contribution in [2.75, 3.05) is 13.2 Å². The molecule has 0 heterocycles. The average Bonchev–Trinajstić information content (AvgIpc) is 2.97. The summed E-state index contributed by atoms with van der Waals surface area (Å²) in [4.78, 5) is 46.5. The van der Waals surface area contributed by atoms with Gasteiger partial charge in [-0.25, -0.2) is 18.8 Å². The van der Waals surface area contributed by atoms with Crippen LogP contribution in [0.2, 0.25) is 0 Å². The Balaban J connectivity index is 1.36. The highest BCUT2D eigenvalue weighted by Crippen LogP contribution is 2.27. The van der Waals surface area contributed by atoms with Gasteiger partial charge in [-0.05, 0) is 71.4 Å². The average molecular weight is 559 g/mol. The van der Waals surface area contributed by atoms with E-state index in [4.69, 9.17) is 18.9 Å². The molecule has 0 saturated heterocycles. The van der Waals surface area contributed by atoms with Gasteiger partial charge in [0.2, 0.25) is 0 Å². The Kier molecular flexibility index (Phi) is 9.40. The fourth-order valence-corrected chi connectivity index (χ4v) is 3.61. The molecule has 0 atom stereocenters. The van der Waals surface area contributed by atoms with Gasteiger partial charge >= 0.3 is 17.9 Å². The number of hydrogen-bond donors (Lipinski definition) is 0. The molecule has 0 bridgehead atoms. The SMILES string of the molecule is C=CC(=O)Oc1ccc(C(=O)Oc2ccc3cc(OC(=O)c4ccc(OCCCOC=O)cc4)ccc3c2)c(F)c1. The lowest BCUT2D eigenvalue weighted by Crippen LogP contribution is -2.11. The molecule has 4 aromatic rings. The molecule has 10 heteroatoms. The zero-order valence-corrected chi connectivity index (χ0v) is 21.5. The third kappa shape index (κ3) is 7.76. The largest absolute Gasteiger partial charge is 0.493 e. The van der Waals surface area contributed by atoms with Crippen LogP contribution in [0.25, 0.3) is 10.8 Å². The number of carbonyl (C=O) groups is 4. The van der Waals surface area contributed by atoms with Gasteiger partial charge in [0, 0.05) is 18.6 Å². The highest BCUT2D eigenvalue weighted by molar-refractivity contribution is 5.94. The van der Waals surface area contributed by atoms with Gasteiger partial charge in [0.05, 0.1) is 24.3 Å². The van der Waals surface area contributed by atoms with Crippen LogP contribution in [0, 0.1) is 5.82 Å². The predicted molar refractivity (Wildman–Crippen MR) is 145 cm³/mol. The fraction of sp³-hybridized carbons (Fsp3) is 0.0968. The molecule has 4 aromatic carbocycles. The molecule has 0 fully saturated rings. The molecule has 0 saturated carbocycles. The van der Waals surface area contributed by atoms with E-state index >= 15 is 0 Å². The third-order valence-electron chi connectivity index (χ3n) is 5.58. The van der Waals surface area contributed by atoms with Gasteiger partial charge < -0.3 is 23.7 Å². The van der Waals surface area contributed by atoms with E-state index in [0.717, 1.165) is 18.2 Å². The number of rotatable bonds is 12. The first-order valence-electron chi connectivity index (χ1n) is 12.3. The summed E-state index contributed by atoms with van der Waals surface area (Å²) in [6.07, 6.45) is 1.47. The van der Waals surface area contributed by atoms with E-state index < -0.39 is 23.7 Å². The van der Waals surface area contributed by atoms with Crippen molar-refractivity contribution in [1.82, 2.24) is 0 Å². The van der Waals surface area contributed by atoms with E-state index in [-0.39, 0.29) is 23.7 Å². The summed E-state index contributed by atoms with van der Waals surface area (Å²) < 4.78 is 40.2. The summed E-state index contributed by atoms with van der Waals surface area (Å²) in [6.45, 7) is 4.26. The summed E-state index contributed by atoms with van der Waals surface area (Å²) in [5.74, 6) is -2.21. The van der Waals surface area contributed by atoms with E-state index in [1.807, 2.05) is 0 Å². The highest BCUT2D eigenvalue weighted by atomic mass is 19.1. The molecule has 0 N–H and O–H groups in total. The first-order chi connectivity index (χ1) is 19.9. The minimum absolute atomic E-state index is 0.0771. The van der Waals surface area contributed by atoms with Gasteiger partial charge in [0.1, 0.15) is 28.8 Å². The molecule has 9 nitrogen and oxygen atoms in total. The molecule has 0 spiro atoms. The van der Waals surface area contributed by atoms with Crippen molar-refractivity contribution in [3.63, 3.8) is 0 Å². The van der Waals surface area contributed by atoms with Gasteiger partial charge in [-0.15, -0.1) is 0 Å². The molecule has 0 aliphatic rings. The van der Waals surface area contributed by atoms with Crippen LogP contribution in [0.15, 0.2) is 91.5 Å². The summed E-state index contributed by atoms with van der Waals surface area (Å²) in [6, 6.07) is 19.4. The molecule has 208 valence electrons. The highest BCUT2D eigenvalue weighted by Gasteiger charge is 2.16. The Labute approximate surface area is 233 Å². The Morgan fingerprint density at radius 3 is 1.90 bits per heavy atom. The molecule has 0 unspecified atom stereocenters. The van der Waals surface area contributed by atoms with Crippen LogP contribution in [0.1, 0.15) is 27.1 Å². The number of hydrogen-bond acceptors (Lipinski definition) is 9. The smallest absolute Gasteiger partial charge is 0.346 e. The van der Waals surface area contributed by atoms with Gasteiger partial charge in [-0.1, -0.05) is 18.7 Å². The number of fused-ring (bicyclic) bond motifs is 1. The van der Waals surface area contributed by atoms with E-state index in [0.29, 0.717) is 47.3 Å². The van der Waals surface area contributed by atoms with Crippen molar-refractivity contribution in [3.8, 4) is 23.0 Å². The topological polar surface area (TPSA) is 114 Å². The van der Waals surface area contributed by atoms with E-state index in [2.05, 4.69) is 11.3 Å². The molecule has 4 rings (SSSR count). The Bertz CT molecular complexity index is 1600. The molecule has 0 aromatic heterocycles. The Hall–Kier alpha value is -5.51. The molecule has 0 aliphatic carbocycles. The summed E-state index contributed by atoms with van der Waals surface area (Å²) in [5.41, 5.74) is -0.0160. The molecular formula is C31H23FO9. The zero-order valence-electron chi connectivity index (χ0n) is 21.5. The molecule has 0 amide bonds. The maximum Gasteiger partial charge on any atom is 0.346 e. The van der Waals surface area contributed by atoms with Crippen molar-refractivity contribution in [2.45, 2.75) is 6.42 Å². The lowest BCUT2D eigenvalue weighted by Gasteiger charge is -2.09. The molecule has 0 aliphatic heterocycles. The van der Waals surface area contributed by atoms with Gasteiger partial charge in [-0.2, -0.15) is 0 Å². The maximum atomic E-state index is 14.4. The van der Waals surface area contributed by atoms with Crippen LogP contribution in [-0.4, -0.2) is 37.6 Å². The van der Waals surface area contributed by atoms with E-state index in [1.165, 1.54) is 12.1 Å². The second-order valence-electron chi connectivity index (χ2n) is 8.41. The lowest BCUT2D eigenvalue weighted by molar-refractivity contribution is -0.129. The van der Waals surface area contributed by atoms with Crippen molar-refractivity contribution < 1.29 is 47.3 Å². The van der Waals surface area contributed by atoms with E-state index in [1.54, 1.807) is 54.6 Å². The number of halogens is 1. The Morgan fingerprint density at radius 2 is 1.29 bits per heavy atom. The molecule has 41 heavy (non-hydrogen) atoms. The number of ether oxygens (including phenoxy) is 5. The number of carbonyl (C=O) groups excluding carboxylic acids is 4. The van der Waals surface area contributed by atoms with Gasteiger partial charge in [0.25, 0.3) is 6.47 Å². The van der Waals surface area contributed by atoms with Crippen molar-refractivity contribution in [2.24, 2.45) is 0 Å². The molecular weight excluding hydrogens is 535 g/mol. The first kappa shape index (κ1) is 28.5. The normalized spacial score (nSPS) is 10.4. The van der Waals surface area contributed by atoms with E-state index in [9.17, 15) is 23.6 Å². The van der Waals surface area contributed by atoms with Crippen LogP contribution in [0.3, 0.4) is 0 Å². The summed E-state index contributed by atoms with van der Waals surface area (Å²) in [7, 11) is 0. The standard InChI is InChI=1S/C31H23FO9/c1-2-29(34)39-26-12-13-27(28(32)18-26)31(36)41-25-11-7-21-16-24(10-6-22(21)17-25)40-30(35)20-4-8-23(9-5-20)38-15-3-14-37-19-33/h2,4-13,16-19H,1,3,14-15H2. The molecule has 0 radical (unpaired) electrons. The minimum Gasteiger partial charge on any atom is -0.493 e. The third-order valence-corrected chi connectivity index (χ3v) is 5.58. The van der Waals surface area contributed by atoms with Gasteiger partial charge in [0.15, 0.2) is 0 Å². The zero-order chi connectivity index (χ0) is 29.2. The number of benzene rings is 4. The van der Waals surface area contributed by atoms with Crippen LogP contribution in [0.4, 0.5) is 4.39 Å². The first-order valence-corrected chi connectivity index (χ1v) is 12.3. The second-order valence-corrected chi connectivity index (χ2v) is 8.41. The summed E-state index contributed by atoms with van der Waals surface area (Å²) in [5, 5.41) is 1.39. The van der Waals surface area contributed by atoms with Crippen LogP contribution in [-0.2, 0) is 14.3 Å². The van der Waals surface area contributed by atoms with Crippen molar-refractivity contribution in [3.05, 3.63) is 108 Å². The maximum absolute atomic E-state index is 14.4. The monoisotopic (exact) mass is 558 g/mol. The number of esters is 3. The summed E-state index contributed by atoms with van der Waals surface area (Å²) >= 11 is 0. The Morgan fingerprint density at radius 1 is 0.707 bits per heavy atom. The minimum atomic E-state index is -0.933. The van der Waals surface area contributed by atoms with Crippen LogP contribution >= 0.6 is 0 Å². The van der Waals surface area contributed by atoms with Crippen LogP contribution < -0.4 is 18.9 Å². The van der Waals surface area contributed by atoms with Crippen molar-refractivity contribution >= 4 is 35.2 Å². The van der Waals surface area contributed by atoms with Crippen LogP contribution in [0.5, 0.6) is 23.0 Å². The lowest BCUT2D eigenvalue weighted by atomic mass is 10.1. The second kappa shape index (κ2) is 13.5. The van der Waals surface area contributed by atoms with Crippen molar-refractivity contribution in [1.29, 1.82) is 0 Å².